The number of allylic oxidation sites excluding steroid dienone is 3. The second-order valence-corrected chi connectivity index (χ2v) is 11.9. The summed E-state index contributed by atoms with van der Waals surface area (Å²) in [6.45, 7) is 13.3. The Morgan fingerprint density at radius 2 is 1.97 bits per heavy atom. The highest BCUT2D eigenvalue weighted by Crippen LogP contribution is 2.34. The Morgan fingerprint density at radius 3 is 2.59 bits per heavy atom. The second-order valence-electron chi connectivity index (χ2n) is 10.0. The van der Waals surface area contributed by atoms with E-state index in [0.717, 1.165) is 64.6 Å². The minimum atomic E-state index is -0.217. The van der Waals surface area contributed by atoms with Gasteiger partial charge in [0.15, 0.2) is 0 Å². The molecule has 0 atom stereocenters. The largest absolute Gasteiger partial charge is 0.506 e. The van der Waals surface area contributed by atoms with Gasteiger partial charge in [-0.2, -0.15) is 0 Å². The molecule has 0 radical (unpaired) electrons. The maximum atomic E-state index is 13.3. The summed E-state index contributed by atoms with van der Waals surface area (Å²) in [6.07, 6.45) is 12.5. The Kier molecular flexibility index (Phi) is 11.1. The number of unbranched alkanes of at least 4 members (excludes halogenated alkanes) is 2. The summed E-state index contributed by atoms with van der Waals surface area (Å²) < 4.78 is 1.01. The van der Waals surface area contributed by atoms with Crippen molar-refractivity contribution in [2.45, 2.75) is 86.6 Å². The molecule has 2 aromatic rings. The lowest BCUT2D eigenvalue weighted by Crippen LogP contribution is -2.24. The number of rotatable bonds is 12. The molecule has 0 saturated heterocycles. The highest BCUT2D eigenvalue weighted by molar-refractivity contribution is 9.10. The number of phenols is 1. The predicted octanol–water partition coefficient (Wildman–Crippen LogP) is 8.97. The van der Waals surface area contributed by atoms with Gasteiger partial charge in [0, 0.05) is 20.3 Å². The first-order valence-electron chi connectivity index (χ1n) is 12.2. The van der Waals surface area contributed by atoms with E-state index < -0.39 is 0 Å². The van der Waals surface area contributed by atoms with E-state index in [1.165, 1.54) is 5.57 Å². The van der Waals surface area contributed by atoms with Crippen LogP contribution in [0.1, 0.15) is 98.6 Å². The van der Waals surface area contributed by atoms with E-state index >= 15 is 0 Å². The number of aromatic hydroxyl groups is 1. The smallest absolute Gasteiger partial charge is 0.255 e. The minimum Gasteiger partial charge on any atom is -0.506 e. The molecule has 0 saturated carbocycles. The molecule has 186 valence electrons. The van der Waals surface area contributed by atoms with Crippen molar-refractivity contribution < 1.29 is 9.90 Å². The summed E-state index contributed by atoms with van der Waals surface area (Å²) in [7, 11) is 0. The van der Waals surface area contributed by atoms with Crippen LogP contribution >= 0.6 is 27.3 Å². The fourth-order valence-corrected chi connectivity index (χ4v) is 5.33. The Balaban J connectivity index is 2.34. The minimum absolute atomic E-state index is 0.0143. The quantitative estimate of drug-likeness (QED) is 0.206. The average molecular weight is 547 g/mol. The maximum absolute atomic E-state index is 13.3. The van der Waals surface area contributed by atoms with Crippen molar-refractivity contribution in [3.05, 3.63) is 66.8 Å². The van der Waals surface area contributed by atoms with Crippen LogP contribution in [0.15, 0.2) is 39.7 Å². The molecule has 3 nitrogen and oxygen atoms in total. The molecule has 0 unspecified atom stereocenters. The lowest BCUT2D eigenvalue weighted by molar-refractivity contribution is 0.0947. The molecule has 0 fully saturated rings. The third-order valence-corrected chi connectivity index (χ3v) is 7.69. The van der Waals surface area contributed by atoms with E-state index in [2.05, 4.69) is 74.1 Å². The number of nitrogens with one attached hydrogen (secondary N) is 1. The summed E-state index contributed by atoms with van der Waals surface area (Å²) in [6, 6.07) is 4.09. The maximum Gasteiger partial charge on any atom is 0.255 e. The third-order valence-electron chi connectivity index (χ3n) is 5.99. The number of hydrogen-bond acceptors (Lipinski definition) is 3. The van der Waals surface area contributed by atoms with Crippen molar-refractivity contribution in [1.82, 2.24) is 5.32 Å². The van der Waals surface area contributed by atoms with E-state index in [4.69, 9.17) is 0 Å². The van der Waals surface area contributed by atoms with E-state index in [0.29, 0.717) is 12.1 Å². The molecule has 0 spiro atoms. The molecule has 0 aliphatic rings. The van der Waals surface area contributed by atoms with Crippen LogP contribution in [0.2, 0.25) is 0 Å². The first-order chi connectivity index (χ1) is 16.0. The van der Waals surface area contributed by atoms with Crippen LogP contribution in [0, 0.1) is 12.3 Å². The van der Waals surface area contributed by atoms with Gasteiger partial charge >= 0.3 is 0 Å². The van der Waals surface area contributed by atoms with Gasteiger partial charge in [-0.1, -0.05) is 63.5 Å². The zero-order chi connectivity index (χ0) is 25.3. The lowest BCUT2D eigenvalue weighted by atomic mass is 9.85. The van der Waals surface area contributed by atoms with E-state index in [1.807, 2.05) is 24.4 Å². The lowest BCUT2D eigenvalue weighted by Gasteiger charge is -2.20. The van der Waals surface area contributed by atoms with E-state index in [1.54, 1.807) is 11.3 Å². The monoisotopic (exact) mass is 545 g/mol. The molecule has 1 heterocycles. The van der Waals surface area contributed by atoms with Crippen LogP contribution in [0.4, 0.5) is 0 Å². The molecule has 2 N–H and O–H groups in total. The summed E-state index contributed by atoms with van der Waals surface area (Å²) >= 11 is 5.06. The summed E-state index contributed by atoms with van der Waals surface area (Å²) in [5.74, 6) is -0.126. The molecular weight excluding hydrogens is 506 g/mol. The number of carbonyl (C=O) groups is 1. The van der Waals surface area contributed by atoms with Crippen molar-refractivity contribution in [2.75, 3.05) is 0 Å². The van der Waals surface area contributed by atoms with Crippen molar-refractivity contribution in [3.8, 4) is 5.75 Å². The van der Waals surface area contributed by atoms with Crippen LogP contribution < -0.4 is 5.32 Å². The Labute approximate surface area is 218 Å². The van der Waals surface area contributed by atoms with E-state index in [9.17, 15) is 9.90 Å². The van der Waals surface area contributed by atoms with Gasteiger partial charge in [-0.25, -0.2) is 0 Å². The van der Waals surface area contributed by atoms with Crippen LogP contribution in [0.25, 0.3) is 6.08 Å². The Morgan fingerprint density at radius 1 is 1.24 bits per heavy atom. The Bertz CT molecular complexity index is 1030. The second kappa shape index (κ2) is 13.3. The number of halogens is 1. The summed E-state index contributed by atoms with van der Waals surface area (Å²) in [5.41, 5.74) is 4.39. The topological polar surface area (TPSA) is 49.3 Å². The number of carbonyl (C=O) groups excluding carboxylic acids is 1. The van der Waals surface area contributed by atoms with Gasteiger partial charge in [-0.3, -0.25) is 4.79 Å². The number of amides is 1. The highest BCUT2D eigenvalue weighted by atomic mass is 79.9. The van der Waals surface area contributed by atoms with Gasteiger partial charge in [0.25, 0.3) is 5.91 Å². The van der Waals surface area contributed by atoms with Crippen LogP contribution in [0.5, 0.6) is 5.75 Å². The molecule has 2 rings (SSSR count). The average Bonchev–Trinajstić information content (AvgIpc) is 3.16. The zero-order valence-electron chi connectivity index (χ0n) is 21.6. The van der Waals surface area contributed by atoms with Gasteiger partial charge in [-0.15, -0.1) is 11.3 Å². The molecule has 34 heavy (non-hydrogen) atoms. The standard InChI is InChI=1S/C29H40BrNO2S/c1-7-8-9-12-22-16-21(4)25(13-15-29(5,6)14-10-11-20(2)3)27(32)26(22)28(33)31-18-24-17-23(30)19-34-24/h11,13,15-17,19,32H,7-10,12,14,18H2,1-6H3,(H,31,33)/b15-13-. The molecule has 1 aromatic heterocycles. The molecule has 1 amide bonds. The van der Waals surface area contributed by atoms with Crippen LogP contribution in [0.3, 0.4) is 0 Å². The summed E-state index contributed by atoms with van der Waals surface area (Å²) in [5, 5.41) is 16.3. The van der Waals surface area contributed by atoms with Crippen molar-refractivity contribution >= 4 is 39.2 Å². The highest BCUT2D eigenvalue weighted by Gasteiger charge is 2.21. The Hall–Kier alpha value is -1.85. The van der Waals surface area contributed by atoms with Crippen LogP contribution in [-0.2, 0) is 13.0 Å². The number of aryl methyl sites for hydroxylation is 2. The molecule has 0 aliphatic heterocycles. The van der Waals surface area contributed by atoms with Gasteiger partial charge < -0.3 is 10.4 Å². The molecule has 1 aromatic carbocycles. The number of benzene rings is 1. The summed E-state index contributed by atoms with van der Waals surface area (Å²) in [4.78, 5) is 14.3. The van der Waals surface area contributed by atoms with E-state index in [-0.39, 0.29) is 17.1 Å². The predicted molar refractivity (Wildman–Crippen MR) is 151 cm³/mol. The molecular formula is C29H40BrNO2S. The van der Waals surface area contributed by atoms with Gasteiger partial charge in [0.2, 0.25) is 0 Å². The fourth-order valence-electron chi connectivity index (χ4n) is 3.94. The first-order valence-corrected chi connectivity index (χ1v) is 13.9. The molecule has 5 heteroatoms. The number of hydrogen-bond donors (Lipinski definition) is 2. The van der Waals surface area contributed by atoms with Crippen LogP contribution in [-0.4, -0.2) is 11.0 Å². The van der Waals surface area contributed by atoms with Crippen molar-refractivity contribution in [2.24, 2.45) is 5.41 Å². The van der Waals surface area contributed by atoms with Crippen molar-refractivity contribution in [3.63, 3.8) is 0 Å². The fraction of sp³-hybridized carbons (Fsp3) is 0.483. The zero-order valence-corrected chi connectivity index (χ0v) is 24.0. The third kappa shape index (κ3) is 8.74. The number of thiophene rings is 1. The molecule has 0 bridgehead atoms. The normalized spacial score (nSPS) is 11.7. The SMILES string of the molecule is CCCCCc1cc(C)c(/C=C\C(C)(C)CCC=C(C)C)c(O)c1C(=O)NCc1cc(Br)cs1. The first kappa shape index (κ1) is 28.4. The number of phenolic OH excluding ortho intramolecular Hbond substituents is 1. The van der Waals surface area contributed by atoms with Gasteiger partial charge in [-0.05, 0) is 85.0 Å². The van der Waals surface area contributed by atoms with Crippen molar-refractivity contribution in [1.29, 1.82) is 0 Å². The van der Waals surface area contributed by atoms with Gasteiger partial charge in [0.1, 0.15) is 5.75 Å². The van der Waals surface area contributed by atoms with Gasteiger partial charge in [0.05, 0.1) is 12.1 Å². The molecule has 0 aliphatic carbocycles.